The maximum Gasteiger partial charge on any atom is 0.411 e. The molecule has 0 saturated heterocycles. The van der Waals surface area contributed by atoms with Crippen molar-refractivity contribution < 1.29 is 32.6 Å². The van der Waals surface area contributed by atoms with Crippen LogP contribution in [-0.2, 0) is 11.3 Å². The molecule has 0 spiro atoms. The molecule has 31 heavy (non-hydrogen) atoms. The van der Waals surface area contributed by atoms with Crippen LogP contribution in [0.3, 0.4) is 0 Å². The first-order chi connectivity index (χ1) is 14.7. The molecule has 10 heteroatoms. The number of amides is 1. The quantitative estimate of drug-likeness (QED) is 0.620. The van der Waals surface area contributed by atoms with Gasteiger partial charge in [0.2, 0.25) is 0 Å². The molecular formula is C21H16F3N3O4. The van der Waals surface area contributed by atoms with Gasteiger partial charge in [-0.05, 0) is 22.3 Å². The molecule has 1 heterocycles. The number of nitrogens with one attached hydrogen (secondary N) is 1. The van der Waals surface area contributed by atoms with Crippen LogP contribution in [0.2, 0.25) is 0 Å². The molecule has 0 radical (unpaired) electrons. The van der Waals surface area contributed by atoms with Crippen molar-refractivity contribution in [2.45, 2.75) is 18.6 Å². The van der Waals surface area contributed by atoms with Crippen molar-refractivity contribution in [3.05, 3.63) is 71.5 Å². The number of benzene rings is 2. The van der Waals surface area contributed by atoms with Gasteiger partial charge in [0, 0.05) is 12.1 Å². The Morgan fingerprint density at radius 3 is 2.19 bits per heavy atom. The molecule has 1 aliphatic carbocycles. The lowest BCUT2D eigenvalue weighted by atomic mass is 9.98. The molecule has 4 rings (SSSR count). The molecule has 1 aromatic heterocycles. The summed E-state index contributed by atoms with van der Waals surface area (Å²) >= 11 is 0. The summed E-state index contributed by atoms with van der Waals surface area (Å²) in [7, 11) is 0. The number of ether oxygens (including phenoxy) is 1. The minimum Gasteiger partial charge on any atom is -0.476 e. The van der Waals surface area contributed by atoms with E-state index in [0.717, 1.165) is 28.5 Å². The predicted octanol–water partition coefficient (Wildman–Crippen LogP) is 4.50. The van der Waals surface area contributed by atoms with Crippen LogP contribution in [0.1, 0.15) is 27.5 Å². The molecule has 0 aliphatic heterocycles. The van der Waals surface area contributed by atoms with Gasteiger partial charge >= 0.3 is 18.2 Å². The number of carboxylic acids is 1. The van der Waals surface area contributed by atoms with Crippen LogP contribution >= 0.6 is 0 Å². The van der Waals surface area contributed by atoms with E-state index in [4.69, 9.17) is 9.84 Å². The number of alkyl halides is 3. The zero-order valence-corrected chi connectivity index (χ0v) is 15.9. The molecule has 3 aromatic rings. The van der Waals surface area contributed by atoms with Crippen LogP contribution in [0.15, 0.2) is 54.7 Å². The fourth-order valence-corrected chi connectivity index (χ4v) is 3.68. The Morgan fingerprint density at radius 2 is 1.65 bits per heavy atom. The molecule has 160 valence electrons. The minimum absolute atomic E-state index is 0.0288. The Morgan fingerprint density at radius 1 is 1.06 bits per heavy atom. The van der Waals surface area contributed by atoms with Crippen molar-refractivity contribution in [1.29, 1.82) is 0 Å². The SMILES string of the molecule is O=C(Nc1cn(CC(F)(F)F)nc1C(=O)O)OCC1c2ccccc2-c2ccccc21. The molecule has 2 aromatic carbocycles. The number of hydrogen-bond donors (Lipinski definition) is 2. The maximum absolute atomic E-state index is 12.6. The van der Waals surface area contributed by atoms with Crippen LogP contribution in [0.4, 0.5) is 23.7 Å². The number of carboxylic acid groups (broad SMARTS) is 1. The van der Waals surface area contributed by atoms with Crippen LogP contribution < -0.4 is 5.32 Å². The number of hydrogen-bond acceptors (Lipinski definition) is 4. The van der Waals surface area contributed by atoms with E-state index in [-0.39, 0.29) is 18.2 Å². The van der Waals surface area contributed by atoms with Crippen LogP contribution in [0, 0.1) is 0 Å². The average molecular weight is 431 g/mol. The zero-order chi connectivity index (χ0) is 22.2. The van der Waals surface area contributed by atoms with Crippen molar-refractivity contribution >= 4 is 17.7 Å². The molecule has 0 atom stereocenters. The topological polar surface area (TPSA) is 93.5 Å². The Balaban J connectivity index is 1.49. The molecular weight excluding hydrogens is 415 g/mol. The fourth-order valence-electron chi connectivity index (χ4n) is 3.68. The third-order valence-electron chi connectivity index (χ3n) is 4.89. The third kappa shape index (κ3) is 4.23. The lowest BCUT2D eigenvalue weighted by molar-refractivity contribution is -0.142. The predicted molar refractivity (Wildman–Crippen MR) is 104 cm³/mol. The Bertz CT molecular complexity index is 1110. The second-order valence-corrected chi connectivity index (χ2v) is 6.96. The number of carbonyl (C=O) groups excluding carboxylic acids is 1. The molecule has 7 nitrogen and oxygen atoms in total. The van der Waals surface area contributed by atoms with Crippen LogP contribution in [0.25, 0.3) is 11.1 Å². The summed E-state index contributed by atoms with van der Waals surface area (Å²) < 4.78 is 43.4. The number of aromatic nitrogens is 2. The van der Waals surface area contributed by atoms with Crippen molar-refractivity contribution in [1.82, 2.24) is 9.78 Å². The highest BCUT2D eigenvalue weighted by atomic mass is 19.4. The smallest absolute Gasteiger partial charge is 0.411 e. The van der Waals surface area contributed by atoms with E-state index in [9.17, 15) is 22.8 Å². The number of fused-ring (bicyclic) bond motifs is 3. The lowest BCUT2D eigenvalue weighted by Crippen LogP contribution is -2.19. The first kappa shape index (κ1) is 20.5. The van der Waals surface area contributed by atoms with Crippen molar-refractivity contribution in [3.8, 4) is 11.1 Å². The highest BCUT2D eigenvalue weighted by molar-refractivity contribution is 5.97. The average Bonchev–Trinajstić information content (AvgIpc) is 3.24. The number of nitrogens with zero attached hydrogens (tertiary/aromatic N) is 2. The number of rotatable bonds is 5. The van der Waals surface area contributed by atoms with Gasteiger partial charge in [-0.2, -0.15) is 18.3 Å². The third-order valence-corrected chi connectivity index (χ3v) is 4.89. The van der Waals surface area contributed by atoms with Gasteiger partial charge in [0.1, 0.15) is 13.2 Å². The summed E-state index contributed by atoms with van der Waals surface area (Å²) in [6.45, 7) is -1.52. The van der Waals surface area contributed by atoms with E-state index < -0.39 is 30.5 Å². The van der Waals surface area contributed by atoms with Gasteiger partial charge in [0.05, 0.1) is 5.69 Å². The normalized spacial score (nSPS) is 12.9. The second kappa shape index (κ2) is 7.78. The molecule has 0 bridgehead atoms. The van der Waals surface area contributed by atoms with E-state index in [1.54, 1.807) is 0 Å². The Hall–Kier alpha value is -3.82. The molecule has 1 amide bonds. The van der Waals surface area contributed by atoms with Crippen molar-refractivity contribution in [2.75, 3.05) is 11.9 Å². The summed E-state index contributed by atoms with van der Waals surface area (Å²) in [5.74, 6) is -1.79. The summed E-state index contributed by atoms with van der Waals surface area (Å²) in [4.78, 5) is 23.6. The molecule has 1 aliphatic rings. The number of anilines is 1. The Labute approximate surface area is 174 Å². The van der Waals surface area contributed by atoms with E-state index in [2.05, 4.69) is 10.4 Å². The number of carbonyl (C=O) groups is 2. The van der Waals surface area contributed by atoms with Crippen molar-refractivity contribution in [2.24, 2.45) is 0 Å². The van der Waals surface area contributed by atoms with E-state index in [1.165, 1.54) is 0 Å². The van der Waals surface area contributed by atoms with Crippen LogP contribution in [0.5, 0.6) is 0 Å². The zero-order valence-electron chi connectivity index (χ0n) is 15.9. The first-order valence-corrected chi connectivity index (χ1v) is 9.22. The second-order valence-electron chi connectivity index (χ2n) is 6.96. The van der Waals surface area contributed by atoms with Gasteiger partial charge in [-0.15, -0.1) is 0 Å². The van der Waals surface area contributed by atoms with Gasteiger partial charge in [0.15, 0.2) is 5.69 Å². The van der Waals surface area contributed by atoms with Gasteiger partial charge in [-0.3, -0.25) is 10.00 Å². The van der Waals surface area contributed by atoms with Gasteiger partial charge in [0.25, 0.3) is 0 Å². The van der Waals surface area contributed by atoms with Crippen molar-refractivity contribution in [3.63, 3.8) is 0 Å². The van der Waals surface area contributed by atoms with Gasteiger partial charge in [-0.25, -0.2) is 9.59 Å². The summed E-state index contributed by atoms with van der Waals surface area (Å²) in [6.07, 6.45) is -4.78. The monoisotopic (exact) mass is 431 g/mol. The lowest BCUT2D eigenvalue weighted by Gasteiger charge is -2.14. The molecule has 2 N–H and O–H groups in total. The largest absolute Gasteiger partial charge is 0.476 e. The van der Waals surface area contributed by atoms with Gasteiger partial charge < -0.3 is 9.84 Å². The summed E-state index contributed by atoms with van der Waals surface area (Å²) in [6, 6.07) is 15.4. The minimum atomic E-state index is -4.59. The highest BCUT2D eigenvalue weighted by Crippen LogP contribution is 2.44. The van der Waals surface area contributed by atoms with E-state index in [1.807, 2.05) is 48.5 Å². The molecule has 0 fully saturated rings. The highest BCUT2D eigenvalue weighted by Gasteiger charge is 2.31. The van der Waals surface area contributed by atoms with Gasteiger partial charge in [-0.1, -0.05) is 48.5 Å². The summed E-state index contributed by atoms with van der Waals surface area (Å²) in [5.41, 5.74) is 2.95. The molecule has 0 unspecified atom stereocenters. The Kier molecular flexibility index (Phi) is 5.14. The van der Waals surface area contributed by atoms with E-state index in [0.29, 0.717) is 4.68 Å². The molecule has 0 saturated carbocycles. The first-order valence-electron chi connectivity index (χ1n) is 9.22. The number of halogens is 3. The number of aromatic carboxylic acids is 1. The summed E-state index contributed by atoms with van der Waals surface area (Å²) in [5, 5.41) is 14.7. The van der Waals surface area contributed by atoms with Crippen LogP contribution in [-0.4, -0.2) is 39.7 Å². The van der Waals surface area contributed by atoms with E-state index >= 15 is 0 Å². The fraction of sp³-hybridized carbons (Fsp3) is 0.190. The maximum atomic E-state index is 12.6. The standard InChI is InChI=1S/C21H16F3N3O4/c22-21(23,24)11-27-9-17(18(26-27)19(28)29)25-20(30)31-10-16-14-7-3-1-5-12(14)13-6-2-4-8-15(13)16/h1-9,16H,10-11H2,(H,25,30)(H,28,29).